The van der Waals surface area contributed by atoms with E-state index < -0.39 is 0 Å². The lowest BCUT2D eigenvalue weighted by atomic mass is 10.0. The monoisotopic (exact) mass is 296 g/mol. The SMILES string of the molecule is CCC(CO)NC(=O)NC1CCCOc2cc(F)ccc21. The van der Waals surface area contributed by atoms with Gasteiger partial charge in [0.05, 0.1) is 25.3 Å². The normalized spacial score (nSPS) is 18.9. The predicted octanol–water partition coefficient (Wildman–Crippen LogP) is 2.11. The van der Waals surface area contributed by atoms with Crippen LogP contribution in [-0.4, -0.2) is 30.4 Å². The van der Waals surface area contributed by atoms with Crippen molar-refractivity contribution >= 4 is 6.03 Å². The molecule has 2 unspecified atom stereocenters. The Morgan fingerprint density at radius 1 is 1.57 bits per heavy atom. The van der Waals surface area contributed by atoms with E-state index in [1.54, 1.807) is 6.07 Å². The molecule has 2 rings (SSSR count). The number of nitrogens with one attached hydrogen (secondary N) is 2. The van der Waals surface area contributed by atoms with Crippen LogP contribution in [0.2, 0.25) is 0 Å². The van der Waals surface area contributed by atoms with Gasteiger partial charge in [-0.1, -0.05) is 13.0 Å². The maximum atomic E-state index is 13.3. The van der Waals surface area contributed by atoms with Gasteiger partial charge in [0.15, 0.2) is 0 Å². The molecule has 0 saturated carbocycles. The molecule has 3 N–H and O–H groups in total. The van der Waals surface area contributed by atoms with Crippen LogP contribution in [0.1, 0.15) is 37.8 Å². The summed E-state index contributed by atoms with van der Waals surface area (Å²) in [6, 6.07) is 3.53. The van der Waals surface area contributed by atoms with Crippen molar-refractivity contribution in [2.24, 2.45) is 0 Å². The van der Waals surface area contributed by atoms with Crippen LogP contribution in [0, 0.1) is 5.82 Å². The standard InChI is InChI=1S/C15H21FN2O3/c1-2-11(9-19)17-15(20)18-13-4-3-7-21-14-8-10(16)5-6-12(13)14/h5-6,8,11,13,19H,2-4,7,9H2,1H3,(H2,17,18,20). The Balaban J connectivity index is 2.08. The van der Waals surface area contributed by atoms with Gasteiger partial charge < -0.3 is 20.5 Å². The number of urea groups is 1. The first-order chi connectivity index (χ1) is 10.1. The van der Waals surface area contributed by atoms with E-state index in [0.29, 0.717) is 18.8 Å². The van der Waals surface area contributed by atoms with E-state index in [0.717, 1.165) is 18.4 Å². The number of carbonyl (C=O) groups excluding carboxylic acids is 1. The first-order valence-corrected chi connectivity index (χ1v) is 7.24. The summed E-state index contributed by atoms with van der Waals surface area (Å²) in [5.74, 6) is 0.122. The van der Waals surface area contributed by atoms with Crippen LogP contribution in [0.15, 0.2) is 18.2 Å². The van der Waals surface area contributed by atoms with Gasteiger partial charge in [-0.2, -0.15) is 0 Å². The van der Waals surface area contributed by atoms with Gasteiger partial charge >= 0.3 is 6.03 Å². The van der Waals surface area contributed by atoms with Gasteiger partial charge in [0, 0.05) is 11.6 Å². The minimum absolute atomic E-state index is 0.0977. The molecule has 1 aromatic rings. The molecule has 1 aliphatic heterocycles. The highest BCUT2D eigenvalue weighted by Gasteiger charge is 2.22. The molecule has 21 heavy (non-hydrogen) atoms. The van der Waals surface area contributed by atoms with E-state index in [4.69, 9.17) is 9.84 Å². The molecule has 0 bridgehead atoms. The number of hydrogen-bond acceptors (Lipinski definition) is 3. The van der Waals surface area contributed by atoms with Gasteiger partial charge in [-0.25, -0.2) is 9.18 Å². The van der Waals surface area contributed by atoms with E-state index in [-0.39, 0.29) is 30.5 Å². The third-order valence-corrected chi connectivity index (χ3v) is 3.60. The summed E-state index contributed by atoms with van der Waals surface area (Å²) in [6.45, 7) is 2.29. The minimum Gasteiger partial charge on any atom is -0.493 e. The fourth-order valence-corrected chi connectivity index (χ4v) is 2.36. The van der Waals surface area contributed by atoms with E-state index in [1.807, 2.05) is 6.92 Å². The van der Waals surface area contributed by atoms with Crippen molar-refractivity contribution in [3.8, 4) is 5.75 Å². The zero-order chi connectivity index (χ0) is 15.2. The van der Waals surface area contributed by atoms with Gasteiger partial charge in [0.2, 0.25) is 0 Å². The smallest absolute Gasteiger partial charge is 0.315 e. The van der Waals surface area contributed by atoms with E-state index in [2.05, 4.69) is 10.6 Å². The largest absolute Gasteiger partial charge is 0.493 e. The zero-order valence-corrected chi connectivity index (χ0v) is 12.1. The zero-order valence-electron chi connectivity index (χ0n) is 12.1. The summed E-state index contributed by atoms with van der Waals surface area (Å²) in [5.41, 5.74) is 0.779. The van der Waals surface area contributed by atoms with Crippen molar-refractivity contribution in [3.05, 3.63) is 29.6 Å². The summed E-state index contributed by atoms with van der Waals surface area (Å²) in [5, 5.41) is 14.7. The molecule has 0 aromatic heterocycles. The lowest BCUT2D eigenvalue weighted by Crippen LogP contribution is -2.44. The van der Waals surface area contributed by atoms with Gasteiger partial charge in [-0.15, -0.1) is 0 Å². The Hall–Kier alpha value is -1.82. The summed E-state index contributed by atoms with van der Waals surface area (Å²) in [6.07, 6.45) is 2.15. The van der Waals surface area contributed by atoms with Crippen molar-refractivity contribution in [1.82, 2.24) is 10.6 Å². The number of ether oxygens (including phenoxy) is 1. The molecule has 0 aliphatic carbocycles. The Morgan fingerprint density at radius 3 is 3.10 bits per heavy atom. The second kappa shape index (κ2) is 7.26. The third kappa shape index (κ3) is 4.07. The maximum Gasteiger partial charge on any atom is 0.315 e. The van der Waals surface area contributed by atoms with Crippen LogP contribution >= 0.6 is 0 Å². The summed E-state index contributed by atoms with van der Waals surface area (Å²) in [4.78, 5) is 12.0. The highest BCUT2D eigenvalue weighted by Crippen LogP contribution is 2.31. The van der Waals surface area contributed by atoms with Crippen molar-refractivity contribution in [3.63, 3.8) is 0 Å². The van der Waals surface area contributed by atoms with E-state index >= 15 is 0 Å². The topological polar surface area (TPSA) is 70.6 Å². The fourth-order valence-electron chi connectivity index (χ4n) is 2.36. The maximum absolute atomic E-state index is 13.3. The average Bonchev–Trinajstić information content (AvgIpc) is 2.66. The second-order valence-electron chi connectivity index (χ2n) is 5.13. The summed E-state index contributed by atoms with van der Waals surface area (Å²) < 4.78 is 18.8. The number of hydrogen-bond donors (Lipinski definition) is 3. The molecule has 0 spiro atoms. The minimum atomic E-state index is -0.356. The van der Waals surface area contributed by atoms with Crippen LogP contribution < -0.4 is 15.4 Å². The molecule has 0 saturated heterocycles. The number of amides is 2. The van der Waals surface area contributed by atoms with E-state index in [9.17, 15) is 9.18 Å². The molecule has 2 atom stereocenters. The number of fused-ring (bicyclic) bond motifs is 1. The van der Waals surface area contributed by atoms with Crippen LogP contribution in [-0.2, 0) is 0 Å². The number of carbonyl (C=O) groups is 1. The van der Waals surface area contributed by atoms with Crippen LogP contribution in [0.25, 0.3) is 0 Å². The lowest BCUT2D eigenvalue weighted by molar-refractivity contribution is 0.211. The van der Waals surface area contributed by atoms with Gasteiger partial charge in [-0.3, -0.25) is 0 Å². The number of rotatable bonds is 4. The Morgan fingerprint density at radius 2 is 2.38 bits per heavy atom. The Labute approximate surface area is 123 Å². The molecule has 116 valence electrons. The lowest BCUT2D eigenvalue weighted by Gasteiger charge is -2.21. The van der Waals surface area contributed by atoms with Crippen LogP contribution in [0.5, 0.6) is 5.75 Å². The Kier molecular flexibility index (Phi) is 5.38. The summed E-state index contributed by atoms with van der Waals surface area (Å²) in [7, 11) is 0. The van der Waals surface area contributed by atoms with Gasteiger partial charge in [0.1, 0.15) is 11.6 Å². The highest BCUT2D eigenvalue weighted by molar-refractivity contribution is 5.75. The molecular formula is C15H21FN2O3. The molecule has 1 heterocycles. The fraction of sp³-hybridized carbons (Fsp3) is 0.533. The molecule has 0 radical (unpaired) electrons. The molecular weight excluding hydrogens is 275 g/mol. The number of halogens is 1. The average molecular weight is 296 g/mol. The van der Waals surface area contributed by atoms with E-state index in [1.165, 1.54) is 12.1 Å². The molecule has 2 amide bonds. The van der Waals surface area contributed by atoms with Gasteiger partial charge in [-0.05, 0) is 25.3 Å². The first kappa shape index (κ1) is 15.6. The van der Waals surface area contributed by atoms with Crippen molar-refractivity contribution < 1.29 is 19.0 Å². The molecule has 5 nitrogen and oxygen atoms in total. The van der Waals surface area contributed by atoms with Crippen molar-refractivity contribution in [2.75, 3.05) is 13.2 Å². The molecule has 0 fully saturated rings. The summed E-state index contributed by atoms with van der Waals surface area (Å²) >= 11 is 0. The highest BCUT2D eigenvalue weighted by atomic mass is 19.1. The number of benzene rings is 1. The number of aliphatic hydroxyl groups is 1. The quantitative estimate of drug-likeness (QED) is 0.797. The third-order valence-electron chi connectivity index (χ3n) is 3.60. The van der Waals surface area contributed by atoms with Crippen LogP contribution in [0.3, 0.4) is 0 Å². The first-order valence-electron chi connectivity index (χ1n) is 7.24. The molecule has 6 heteroatoms. The van der Waals surface area contributed by atoms with Crippen molar-refractivity contribution in [2.45, 2.75) is 38.3 Å². The predicted molar refractivity (Wildman–Crippen MR) is 76.7 cm³/mol. The Bertz CT molecular complexity index is 492. The van der Waals surface area contributed by atoms with Gasteiger partial charge in [0.25, 0.3) is 0 Å². The molecule has 1 aromatic carbocycles. The van der Waals surface area contributed by atoms with Crippen LogP contribution in [0.4, 0.5) is 9.18 Å². The molecule has 1 aliphatic rings. The second-order valence-corrected chi connectivity index (χ2v) is 5.13. The number of aliphatic hydroxyl groups excluding tert-OH is 1. The van der Waals surface area contributed by atoms with Crippen molar-refractivity contribution in [1.29, 1.82) is 0 Å².